The van der Waals surface area contributed by atoms with Crippen LogP contribution in [-0.2, 0) is 9.53 Å². The first-order valence-electron chi connectivity index (χ1n) is 10.6. The number of methoxy groups -OCH3 is 2. The highest BCUT2D eigenvalue weighted by Crippen LogP contribution is 2.36. The number of carbonyl (C=O) groups is 1. The molecule has 1 aliphatic rings. The molecule has 176 valence electrons. The van der Waals surface area contributed by atoms with Gasteiger partial charge in [-0.2, -0.15) is 0 Å². The highest BCUT2D eigenvalue weighted by Gasteiger charge is 2.33. The van der Waals surface area contributed by atoms with Gasteiger partial charge in [-0.1, -0.05) is 35.6 Å². The number of aromatic nitrogens is 1. The van der Waals surface area contributed by atoms with Crippen LogP contribution in [0.3, 0.4) is 0 Å². The molecule has 0 amide bonds. The van der Waals surface area contributed by atoms with E-state index in [-0.39, 0.29) is 23.3 Å². The number of carbonyl (C=O) groups excluding carboxylic acids is 1. The predicted octanol–water partition coefficient (Wildman–Crippen LogP) is 2.95. The van der Waals surface area contributed by atoms with Crippen molar-refractivity contribution in [3.05, 3.63) is 90.4 Å². The Balaban J connectivity index is 1.99. The number of rotatable bonds is 6. The van der Waals surface area contributed by atoms with Gasteiger partial charge in [0.25, 0.3) is 5.56 Å². The van der Waals surface area contributed by atoms with E-state index in [0.29, 0.717) is 32.1 Å². The Morgan fingerprint density at radius 2 is 1.91 bits per heavy atom. The fraction of sp³-hybridized carbons (Fsp3) is 0.240. The van der Waals surface area contributed by atoms with Crippen molar-refractivity contribution < 1.29 is 23.4 Å². The van der Waals surface area contributed by atoms with Crippen LogP contribution in [-0.4, -0.2) is 31.4 Å². The molecule has 2 aromatic carbocycles. The maximum Gasteiger partial charge on any atom is 0.338 e. The topological polar surface area (TPSA) is 79.1 Å². The van der Waals surface area contributed by atoms with Crippen LogP contribution in [0.25, 0.3) is 6.08 Å². The molecule has 0 bridgehead atoms. The minimum atomic E-state index is -0.808. The molecule has 2 heterocycles. The maximum absolute atomic E-state index is 14.2. The molecule has 0 saturated heterocycles. The van der Waals surface area contributed by atoms with Gasteiger partial charge in [0.05, 0.1) is 42.7 Å². The zero-order chi connectivity index (χ0) is 24.4. The van der Waals surface area contributed by atoms with Gasteiger partial charge in [-0.15, -0.1) is 0 Å². The first kappa shape index (κ1) is 23.4. The quantitative estimate of drug-likeness (QED) is 0.505. The normalized spacial score (nSPS) is 15.6. The predicted molar refractivity (Wildman–Crippen MR) is 126 cm³/mol. The Bertz CT molecular complexity index is 1470. The van der Waals surface area contributed by atoms with Gasteiger partial charge in [-0.3, -0.25) is 9.36 Å². The number of hydrogen-bond acceptors (Lipinski definition) is 7. The van der Waals surface area contributed by atoms with E-state index in [4.69, 9.17) is 14.2 Å². The molecule has 0 aliphatic carbocycles. The van der Waals surface area contributed by atoms with E-state index < -0.39 is 17.8 Å². The molecule has 7 nitrogen and oxygen atoms in total. The van der Waals surface area contributed by atoms with Crippen LogP contribution in [0.15, 0.2) is 63.5 Å². The van der Waals surface area contributed by atoms with Crippen LogP contribution in [0.4, 0.5) is 4.39 Å². The summed E-state index contributed by atoms with van der Waals surface area (Å²) in [5.41, 5.74) is 1.21. The van der Waals surface area contributed by atoms with E-state index in [1.165, 1.54) is 30.9 Å². The number of thiazole rings is 1. The highest BCUT2D eigenvalue weighted by molar-refractivity contribution is 7.07. The second-order valence-electron chi connectivity index (χ2n) is 7.44. The number of esters is 1. The molecule has 4 rings (SSSR count). The van der Waals surface area contributed by atoms with E-state index in [0.717, 1.165) is 11.3 Å². The van der Waals surface area contributed by atoms with Crippen molar-refractivity contribution in [2.45, 2.75) is 19.9 Å². The molecule has 0 N–H and O–H groups in total. The zero-order valence-corrected chi connectivity index (χ0v) is 19.9. The molecule has 3 aromatic rings. The monoisotopic (exact) mass is 482 g/mol. The van der Waals surface area contributed by atoms with E-state index in [1.54, 1.807) is 50.2 Å². The third-order valence-corrected chi connectivity index (χ3v) is 6.42. The summed E-state index contributed by atoms with van der Waals surface area (Å²) in [5, 5.41) is 0. The van der Waals surface area contributed by atoms with E-state index in [2.05, 4.69) is 4.99 Å². The van der Waals surface area contributed by atoms with Crippen molar-refractivity contribution in [2.75, 3.05) is 20.8 Å². The molecule has 1 aromatic heterocycles. The van der Waals surface area contributed by atoms with Gasteiger partial charge in [0.2, 0.25) is 0 Å². The molecule has 0 saturated carbocycles. The van der Waals surface area contributed by atoms with Gasteiger partial charge in [0.1, 0.15) is 5.82 Å². The third kappa shape index (κ3) is 4.14. The third-order valence-electron chi connectivity index (χ3n) is 5.43. The average molecular weight is 483 g/mol. The Hall–Kier alpha value is -3.72. The number of ether oxygens (including phenoxy) is 3. The lowest BCUT2D eigenvalue weighted by Gasteiger charge is -2.25. The number of fused-ring (bicyclic) bond motifs is 1. The summed E-state index contributed by atoms with van der Waals surface area (Å²) in [5.74, 6) is -0.0389. The first-order valence-corrected chi connectivity index (χ1v) is 11.4. The molecule has 0 radical (unpaired) electrons. The van der Waals surface area contributed by atoms with Crippen molar-refractivity contribution in [3.63, 3.8) is 0 Å². The highest BCUT2D eigenvalue weighted by atomic mass is 32.1. The lowest BCUT2D eigenvalue weighted by molar-refractivity contribution is -0.139. The molecular formula is C25H23FN2O5S. The lowest BCUT2D eigenvalue weighted by Crippen LogP contribution is -2.40. The fourth-order valence-electron chi connectivity index (χ4n) is 3.86. The number of hydrogen-bond donors (Lipinski definition) is 0. The van der Waals surface area contributed by atoms with Gasteiger partial charge >= 0.3 is 5.97 Å². The van der Waals surface area contributed by atoms with E-state index in [9.17, 15) is 14.0 Å². The van der Waals surface area contributed by atoms with Gasteiger partial charge in [0.15, 0.2) is 16.3 Å². The molecule has 1 atom stereocenters. The Morgan fingerprint density at radius 1 is 1.18 bits per heavy atom. The summed E-state index contributed by atoms with van der Waals surface area (Å²) in [6, 6.07) is 10.6. The van der Waals surface area contributed by atoms with E-state index >= 15 is 0 Å². The molecule has 0 spiro atoms. The van der Waals surface area contributed by atoms with Crippen molar-refractivity contribution >= 4 is 23.4 Å². The van der Waals surface area contributed by atoms with Gasteiger partial charge in [-0.05, 0) is 43.7 Å². The minimum absolute atomic E-state index is 0.173. The number of allylic oxidation sites excluding steroid dienone is 1. The summed E-state index contributed by atoms with van der Waals surface area (Å²) in [6.45, 7) is 3.59. The van der Waals surface area contributed by atoms with Crippen molar-refractivity contribution in [3.8, 4) is 11.5 Å². The van der Waals surface area contributed by atoms with Crippen molar-refractivity contribution in [1.82, 2.24) is 4.57 Å². The number of halogens is 1. The largest absolute Gasteiger partial charge is 0.493 e. The van der Waals surface area contributed by atoms with Crippen LogP contribution >= 0.6 is 11.3 Å². The Kier molecular flexibility index (Phi) is 6.65. The average Bonchev–Trinajstić information content (AvgIpc) is 3.13. The molecule has 9 heteroatoms. The second-order valence-corrected chi connectivity index (χ2v) is 8.45. The summed E-state index contributed by atoms with van der Waals surface area (Å²) in [4.78, 5) is 31.4. The second kappa shape index (κ2) is 9.64. The smallest absolute Gasteiger partial charge is 0.338 e. The van der Waals surface area contributed by atoms with Crippen LogP contribution in [0.1, 0.15) is 31.0 Å². The Labute approximate surface area is 199 Å². The molecule has 0 unspecified atom stereocenters. The summed E-state index contributed by atoms with van der Waals surface area (Å²) in [7, 11) is 3.03. The van der Waals surface area contributed by atoms with Crippen LogP contribution in [0.2, 0.25) is 0 Å². The lowest BCUT2D eigenvalue weighted by atomic mass is 9.95. The van der Waals surface area contributed by atoms with E-state index in [1.807, 2.05) is 0 Å². The SMILES string of the molecule is CCOC(=O)C1=C(C)N=c2s/c(=C\c3ccccc3F)c(=O)n2[C@@H]1c1ccc(OC)c(OC)c1. The summed E-state index contributed by atoms with van der Waals surface area (Å²) in [6.07, 6.45) is 1.49. The van der Waals surface area contributed by atoms with Gasteiger partial charge < -0.3 is 14.2 Å². The summed E-state index contributed by atoms with van der Waals surface area (Å²) >= 11 is 1.13. The van der Waals surface area contributed by atoms with Crippen molar-refractivity contribution in [1.29, 1.82) is 0 Å². The fourth-order valence-corrected chi connectivity index (χ4v) is 4.90. The van der Waals surface area contributed by atoms with Crippen molar-refractivity contribution in [2.24, 2.45) is 4.99 Å². The molecule has 0 fully saturated rings. The Morgan fingerprint density at radius 3 is 2.59 bits per heavy atom. The van der Waals surface area contributed by atoms with Crippen LogP contribution in [0, 0.1) is 5.82 Å². The standard InChI is InChI=1S/C25H23FN2O5S/c1-5-33-24(30)21-14(2)27-25-28(22(21)16-10-11-18(31-3)19(12-16)32-4)23(29)20(34-25)13-15-8-6-7-9-17(15)26/h6-13,22H,5H2,1-4H3/b20-13-/t22-/m1/s1. The number of nitrogens with zero attached hydrogens (tertiary/aromatic N) is 2. The summed E-state index contributed by atoms with van der Waals surface area (Å²) < 4.78 is 32.1. The maximum atomic E-state index is 14.2. The molecular weight excluding hydrogens is 459 g/mol. The number of benzene rings is 2. The van der Waals surface area contributed by atoms with Gasteiger partial charge in [-0.25, -0.2) is 14.2 Å². The molecule has 34 heavy (non-hydrogen) atoms. The minimum Gasteiger partial charge on any atom is -0.493 e. The van der Waals surface area contributed by atoms with Crippen LogP contribution < -0.4 is 24.4 Å². The van der Waals surface area contributed by atoms with Crippen LogP contribution in [0.5, 0.6) is 11.5 Å². The van der Waals surface area contributed by atoms with Gasteiger partial charge in [0, 0.05) is 5.56 Å². The molecule has 1 aliphatic heterocycles. The first-order chi connectivity index (χ1) is 16.4. The zero-order valence-electron chi connectivity index (χ0n) is 19.1.